The van der Waals surface area contributed by atoms with Crippen LogP contribution in [0.5, 0.6) is 11.5 Å². The molecule has 0 unspecified atom stereocenters. The topological polar surface area (TPSA) is 86.4 Å². The van der Waals surface area contributed by atoms with Gasteiger partial charge in [0.1, 0.15) is 16.0 Å². The number of rotatable bonds is 4. The van der Waals surface area contributed by atoms with E-state index in [1.54, 1.807) is 25.2 Å². The third kappa shape index (κ3) is 2.99. The van der Waals surface area contributed by atoms with E-state index < -0.39 is 0 Å². The highest BCUT2D eigenvalue weighted by molar-refractivity contribution is 9.10. The summed E-state index contributed by atoms with van der Waals surface area (Å²) in [5.74, 6) is 2.30. The number of nitrogen functional groups attached to an aromatic ring is 1. The van der Waals surface area contributed by atoms with E-state index in [2.05, 4.69) is 30.9 Å². The molecule has 0 atom stereocenters. The molecule has 0 fully saturated rings. The molecule has 0 aliphatic heterocycles. The first-order valence-electron chi connectivity index (χ1n) is 6.07. The van der Waals surface area contributed by atoms with Crippen molar-refractivity contribution >= 4 is 27.8 Å². The number of halogens is 1. The molecule has 0 radical (unpaired) electrons. The van der Waals surface area contributed by atoms with Gasteiger partial charge >= 0.3 is 0 Å². The van der Waals surface area contributed by atoms with E-state index in [-0.39, 0.29) is 5.95 Å². The molecule has 0 aliphatic carbocycles. The maximum atomic E-state index is 5.75. The van der Waals surface area contributed by atoms with Crippen molar-refractivity contribution in [1.29, 1.82) is 0 Å². The van der Waals surface area contributed by atoms with Gasteiger partial charge in [-0.2, -0.15) is 15.0 Å². The molecule has 2 N–H and O–H groups in total. The van der Waals surface area contributed by atoms with Crippen molar-refractivity contribution in [2.24, 2.45) is 0 Å². The molecule has 0 bridgehead atoms. The van der Waals surface area contributed by atoms with Crippen LogP contribution in [-0.2, 0) is 0 Å². The minimum atomic E-state index is 0.151. The predicted octanol–water partition coefficient (Wildman–Crippen LogP) is 1.97. The normalized spacial score (nSPS) is 10.3. The van der Waals surface area contributed by atoms with Crippen molar-refractivity contribution in [1.82, 2.24) is 15.0 Å². The Morgan fingerprint density at radius 1 is 1.10 bits per heavy atom. The Kier molecular flexibility index (Phi) is 4.46. The van der Waals surface area contributed by atoms with Gasteiger partial charge in [0.05, 0.1) is 19.8 Å². The Morgan fingerprint density at radius 2 is 1.81 bits per heavy atom. The number of hydrogen-bond donors (Lipinski definition) is 1. The van der Waals surface area contributed by atoms with Crippen molar-refractivity contribution in [3.8, 4) is 22.9 Å². The highest BCUT2D eigenvalue weighted by atomic mass is 79.9. The Balaban J connectivity index is 2.64. The van der Waals surface area contributed by atoms with E-state index in [4.69, 9.17) is 15.2 Å². The third-order valence-electron chi connectivity index (χ3n) is 2.77. The van der Waals surface area contributed by atoms with Crippen LogP contribution in [0.15, 0.2) is 16.6 Å². The van der Waals surface area contributed by atoms with Gasteiger partial charge < -0.3 is 20.1 Å². The van der Waals surface area contributed by atoms with Crippen molar-refractivity contribution in [2.45, 2.75) is 0 Å². The third-order valence-corrected chi connectivity index (χ3v) is 3.52. The van der Waals surface area contributed by atoms with Gasteiger partial charge in [0.25, 0.3) is 0 Å². The minimum Gasteiger partial charge on any atom is -0.495 e. The smallest absolute Gasteiger partial charge is 0.230 e. The molecule has 0 aliphatic rings. The van der Waals surface area contributed by atoms with Crippen molar-refractivity contribution < 1.29 is 9.47 Å². The highest BCUT2D eigenvalue weighted by Gasteiger charge is 2.17. The average molecular weight is 354 g/mol. The quantitative estimate of drug-likeness (QED) is 0.898. The first-order valence-corrected chi connectivity index (χ1v) is 6.87. The lowest BCUT2D eigenvalue weighted by atomic mass is 10.1. The molecule has 1 aromatic carbocycles. The van der Waals surface area contributed by atoms with Crippen LogP contribution in [0, 0.1) is 0 Å². The zero-order chi connectivity index (χ0) is 15.6. The zero-order valence-electron chi connectivity index (χ0n) is 12.2. The van der Waals surface area contributed by atoms with Gasteiger partial charge in [-0.1, -0.05) is 0 Å². The molecule has 0 spiro atoms. The molecule has 1 aromatic heterocycles. The molecular formula is C13H16BrN5O2. The Hall–Kier alpha value is -2.09. The summed E-state index contributed by atoms with van der Waals surface area (Å²) in [7, 11) is 6.82. The number of ether oxygens (including phenoxy) is 2. The van der Waals surface area contributed by atoms with E-state index in [0.29, 0.717) is 33.3 Å². The minimum absolute atomic E-state index is 0.151. The van der Waals surface area contributed by atoms with Crippen LogP contribution in [0.3, 0.4) is 0 Å². The lowest BCUT2D eigenvalue weighted by Gasteiger charge is -2.15. The van der Waals surface area contributed by atoms with Crippen LogP contribution < -0.4 is 20.1 Å². The molecule has 21 heavy (non-hydrogen) atoms. The van der Waals surface area contributed by atoms with Gasteiger partial charge in [-0.15, -0.1) is 0 Å². The lowest BCUT2D eigenvalue weighted by Crippen LogP contribution is -2.15. The molecular weight excluding hydrogens is 338 g/mol. The molecule has 2 aromatic rings. The summed E-state index contributed by atoms with van der Waals surface area (Å²) in [4.78, 5) is 14.4. The van der Waals surface area contributed by atoms with Gasteiger partial charge in [-0.25, -0.2) is 0 Å². The molecule has 0 saturated carbocycles. The summed E-state index contributed by atoms with van der Waals surface area (Å²) < 4.78 is 11.4. The largest absolute Gasteiger partial charge is 0.495 e. The van der Waals surface area contributed by atoms with Gasteiger partial charge in [-0.3, -0.25) is 0 Å². The first kappa shape index (κ1) is 15.3. The van der Waals surface area contributed by atoms with E-state index >= 15 is 0 Å². The molecule has 2 rings (SSSR count). The fraction of sp³-hybridized carbons (Fsp3) is 0.308. The summed E-state index contributed by atoms with van der Waals surface area (Å²) in [6, 6.07) is 3.62. The summed E-state index contributed by atoms with van der Waals surface area (Å²) in [6.45, 7) is 0. The predicted molar refractivity (Wildman–Crippen MR) is 84.8 cm³/mol. The summed E-state index contributed by atoms with van der Waals surface area (Å²) in [5, 5.41) is 0. The monoisotopic (exact) mass is 353 g/mol. The van der Waals surface area contributed by atoms with Gasteiger partial charge in [0.2, 0.25) is 11.9 Å². The van der Waals surface area contributed by atoms with Gasteiger partial charge in [0, 0.05) is 14.1 Å². The van der Waals surface area contributed by atoms with E-state index in [1.165, 1.54) is 0 Å². The molecule has 0 saturated heterocycles. The van der Waals surface area contributed by atoms with Crippen LogP contribution in [0.4, 0.5) is 11.9 Å². The SMILES string of the molecule is COc1ccc(-c2nc(N)nc(N(C)C)n2)c(OC)c1Br. The maximum Gasteiger partial charge on any atom is 0.230 e. The molecule has 0 amide bonds. The molecule has 8 heteroatoms. The zero-order valence-corrected chi connectivity index (χ0v) is 13.8. The number of aromatic nitrogens is 3. The fourth-order valence-corrected chi connectivity index (χ4v) is 2.44. The summed E-state index contributed by atoms with van der Waals surface area (Å²) in [5.41, 5.74) is 6.45. The Bertz CT molecular complexity index is 663. The second kappa shape index (κ2) is 6.13. The number of benzene rings is 1. The second-order valence-electron chi connectivity index (χ2n) is 4.37. The van der Waals surface area contributed by atoms with E-state index in [1.807, 2.05) is 20.2 Å². The lowest BCUT2D eigenvalue weighted by molar-refractivity contribution is 0.390. The van der Waals surface area contributed by atoms with Gasteiger partial charge in [-0.05, 0) is 28.1 Å². The first-order chi connectivity index (χ1) is 9.97. The highest BCUT2D eigenvalue weighted by Crippen LogP contribution is 2.41. The number of anilines is 2. The Labute approximate surface area is 131 Å². The fourth-order valence-electron chi connectivity index (χ4n) is 1.77. The van der Waals surface area contributed by atoms with Crippen LogP contribution in [0.1, 0.15) is 0 Å². The number of nitrogens with two attached hydrogens (primary N) is 1. The van der Waals surface area contributed by atoms with Crippen LogP contribution in [0.25, 0.3) is 11.4 Å². The standard InChI is InChI=1S/C13H16BrN5O2/c1-19(2)13-17-11(16-12(15)18-13)7-5-6-8(20-3)9(14)10(7)21-4/h5-6H,1-4H3,(H2,15,16,17,18). The van der Waals surface area contributed by atoms with E-state index in [9.17, 15) is 0 Å². The molecule has 1 heterocycles. The van der Waals surface area contributed by atoms with Crippen LogP contribution in [-0.4, -0.2) is 43.3 Å². The number of nitrogens with zero attached hydrogens (tertiary/aromatic N) is 4. The molecule has 112 valence electrons. The maximum absolute atomic E-state index is 5.75. The number of hydrogen-bond acceptors (Lipinski definition) is 7. The summed E-state index contributed by atoms with van der Waals surface area (Å²) in [6.07, 6.45) is 0. The van der Waals surface area contributed by atoms with Gasteiger partial charge in [0.15, 0.2) is 5.82 Å². The molecule has 7 nitrogen and oxygen atoms in total. The average Bonchev–Trinajstić information content (AvgIpc) is 2.46. The van der Waals surface area contributed by atoms with Crippen molar-refractivity contribution in [3.63, 3.8) is 0 Å². The van der Waals surface area contributed by atoms with Crippen LogP contribution >= 0.6 is 15.9 Å². The number of methoxy groups -OCH3 is 2. The van der Waals surface area contributed by atoms with Crippen LogP contribution in [0.2, 0.25) is 0 Å². The second-order valence-corrected chi connectivity index (χ2v) is 5.17. The van der Waals surface area contributed by atoms with E-state index in [0.717, 1.165) is 0 Å². The summed E-state index contributed by atoms with van der Waals surface area (Å²) >= 11 is 3.45. The van der Waals surface area contributed by atoms with Crippen molar-refractivity contribution in [2.75, 3.05) is 38.9 Å². The Morgan fingerprint density at radius 3 is 2.38 bits per heavy atom. The van der Waals surface area contributed by atoms with Crippen molar-refractivity contribution in [3.05, 3.63) is 16.6 Å².